The number of nitrogens with one attached hydrogen (secondary N) is 1. The molecule has 0 spiro atoms. The third-order valence-corrected chi connectivity index (χ3v) is 5.15. The second-order valence-electron chi connectivity index (χ2n) is 7.51. The molecule has 1 N–H and O–H groups in total. The van der Waals surface area contributed by atoms with Crippen molar-refractivity contribution in [2.24, 2.45) is 0 Å². The monoisotopic (exact) mass is 458 g/mol. The fraction of sp³-hybridized carbons (Fsp3) is 0.261. The third kappa shape index (κ3) is 4.84. The van der Waals surface area contributed by atoms with Crippen LogP contribution < -0.4 is 14.2 Å². The fourth-order valence-electron chi connectivity index (χ4n) is 3.79. The van der Waals surface area contributed by atoms with Crippen LogP contribution in [0.15, 0.2) is 42.6 Å². The first-order chi connectivity index (χ1) is 15.6. The highest BCUT2D eigenvalue weighted by Crippen LogP contribution is 2.36. The number of alkyl halides is 3. The minimum Gasteiger partial charge on any atom is -0.497 e. The van der Waals surface area contributed by atoms with E-state index in [0.717, 1.165) is 22.9 Å². The van der Waals surface area contributed by atoms with Gasteiger partial charge in [-0.1, -0.05) is 0 Å². The van der Waals surface area contributed by atoms with Crippen molar-refractivity contribution in [2.45, 2.75) is 33.2 Å². The van der Waals surface area contributed by atoms with Crippen molar-refractivity contribution in [3.05, 3.63) is 59.4 Å². The average Bonchev–Trinajstić information content (AvgIpc) is 3.15. The molecular weight excluding hydrogens is 437 g/mol. The van der Waals surface area contributed by atoms with Crippen LogP contribution in [-0.4, -0.2) is 33.9 Å². The number of fused-ring (bicyclic) bond motifs is 1. The molecule has 0 amide bonds. The molecule has 1 atom stereocenters. The first-order valence-electron chi connectivity index (χ1n) is 10.0. The van der Waals surface area contributed by atoms with Crippen molar-refractivity contribution in [2.75, 3.05) is 7.11 Å². The Morgan fingerprint density at radius 1 is 1.00 bits per heavy atom. The van der Waals surface area contributed by atoms with Crippen molar-refractivity contribution in [1.29, 1.82) is 0 Å². The Labute approximate surface area is 187 Å². The zero-order chi connectivity index (χ0) is 23.8. The molecule has 172 valence electrons. The van der Waals surface area contributed by atoms with E-state index in [0.29, 0.717) is 27.9 Å². The predicted molar refractivity (Wildman–Crippen MR) is 115 cm³/mol. The summed E-state index contributed by atoms with van der Waals surface area (Å²) in [6.45, 7) is 5.73. The molecule has 10 heteroatoms. The fourth-order valence-corrected chi connectivity index (χ4v) is 3.79. The molecule has 4 rings (SSSR count). The van der Waals surface area contributed by atoms with Gasteiger partial charge >= 0.3 is 6.36 Å². The number of rotatable bonds is 6. The Morgan fingerprint density at radius 2 is 1.76 bits per heavy atom. The number of hydrogen-bond donors (Lipinski definition) is 1. The summed E-state index contributed by atoms with van der Waals surface area (Å²) in [6.07, 6.45) is -3.44. The van der Waals surface area contributed by atoms with E-state index in [9.17, 15) is 13.2 Å². The molecule has 0 fully saturated rings. The lowest BCUT2D eigenvalue weighted by molar-refractivity contribution is -0.274. The van der Waals surface area contributed by atoms with Crippen molar-refractivity contribution < 1.29 is 27.4 Å². The van der Waals surface area contributed by atoms with E-state index in [-0.39, 0.29) is 11.9 Å². The van der Waals surface area contributed by atoms with Gasteiger partial charge in [-0.05, 0) is 56.7 Å². The van der Waals surface area contributed by atoms with Gasteiger partial charge in [0.25, 0.3) is 0 Å². The van der Waals surface area contributed by atoms with Crippen molar-refractivity contribution in [1.82, 2.24) is 20.4 Å². The number of benzene rings is 2. The highest BCUT2D eigenvalue weighted by atomic mass is 19.4. The highest BCUT2D eigenvalue weighted by molar-refractivity contribution is 5.94. The summed E-state index contributed by atoms with van der Waals surface area (Å²) in [5.74, 6) is 0.383. The van der Waals surface area contributed by atoms with Crippen LogP contribution in [-0.2, 0) is 0 Å². The minimum atomic E-state index is -4.83. The summed E-state index contributed by atoms with van der Waals surface area (Å²) in [4.78, 5) is 0. The Bertz CT molecular complexity index is 1280. The van der Waals surface area contributed by atoms with E-state index in [2.05, 4.69) is 25.1 Å². The van der Waals surface area contributed by atoms with Crippen LogP contribution in [0.5, 0.6) is 17.2 Å². The number of aryl methyl sites for hydroxylation is 2. The lowest BCUT2D eigenvalue weighted by Gasteiger charge is -2.18. The minimum absolute atomic E-state index is 0.208. The Kier molecular flexibility index (Phi) is 5.84. The van der Waals surface area contributed by atoms with E-state index in [4.69, 9.17) is 9.47 Å². The summed E-state index contributed by atoms with van der Waals surface area (Å²) in [5.41, 5.74) is 4.22. The van der Waals surface area contributed by atoms with E-state index >= 15 is 0 Å². The van der Waals surface area contributed by atoms with Gasteiger partial charge in [-0.2, -0.15) is 15.3 Å². The van der Waals surface area contributed by atoms with Crippen molar-refractivity contribution in [3.63, 3.8) is 0 Å². The highest BCUT2D eigenvalue weighted by Gasteiger charge is 2.31. The molecule has 4 aromatic rings. The zero-order valence-electron chi connectivity index (χ0n) is 18.3. The molecule has 2 aromatic heterocycles. The first-order valence-corrected chi connectivity index (χ1v) is 10.0. The normalized spacial score (nSPS) is 12.6. The van der Waals surface area contributed by atoms with E-state index in [1.165, 1.54) is 13.2 Å². The van der Waals surface area contributed by atoms with Gasteiger partial charge in [0.1, 0.15) is 29.0 Å². The number of hydrogen-bond acceptors (Lipinski definition) is 6. The van der Waals surface area contributed by atoms with Crippen LogP contribution in [0.2, 0.25) is 0 Å². The summed E-state index contributed by atoms with van der Waals surface area (Å²) >= 11 is 0. The van der Waals surface area contributed by atoms with Gasteiger partial charge < -0.3 is 14.2 Å². The average molecular weight is 458 g/mol. The molecule has 2 aromatic carbocycles. The number of halogens is 3. The molecule has 0 aliphatic heterocycles. The molecule has 2 heterocycles. The van der Waals surface area contributed by atoms with Gasteiger partial charge in [-0.25, -0.2) is 0 Å². The summed E-state index contributed by atoms with van der Waals surface area (Å²) in [7, 11) is 1.37. The number of nitrogens with zero attached hydrogens (tertiary/aromatic N) is 3. The van der Waals surface area contributed by atoms with Crippen LogP contribution in [0.4, 0.5) is 13.2 Å². The number of aromatic amines is 1. The molecule has 0 bridgehead atoms. The van der Waals surface area contributed by atoms with Crippen molar-refractivity contribution in [3.8, 4) is 28.5 Å². The molecule has 33 heavy (non-hydrogen) atoms. The molecule has 7 nitrogen and oxygen atoms in total. The van der Waals surface area contributed by atoms with E-state index in [1.807, 2.05) is 20.8 Å². The van der Waals surface area contributed by atoms with Gasteiger partial charge in [-0.15, -0.1) is 13.2 Å². The number of aromatic nitrogens is 4. The van der Waals surface area contributed by atoms with Gasteiger partial charge in [0, 0.05) is 22.6 Å². The van der Waals surface area contributed by atoms with Crippen LogP contribution in [0.1, 0.15) is 29.8 Å². The molecule has 0 aliphatic rings. The Hall–Kier alpha value is -3.82. The Morgan fingerprint density at radius 3 is 2.45 bits per heavy atom. The largest absolute Gasteiger partial charge is 0.573 e. The second-order valence-corrected chi connectivity index (χ2v) is 7.51. The maximum Gasteiger partial charge on any atom is 0.573 e. The molecule has 0 saturated carbocycles. The number of methoxy groups -OCH3 is 1. The number of ether oxygens (including phenoxy) is 3. The van der Waals surface area contributed by atoms with Crippen LogP contribution in [0.25, 0.3) is 22.2 Å². The Balaban J connectivity index is 1.71. The summed E-state index contributed by atoms with van der Waals surface area (Å²) in [5, 5.41) is 15.9. The summed E-state index contributed by atoms with van der Waals surface area (Å²) < 4.78 is 53.7. The van der Waals surface area contributed by atoms with Crippen LogP contribution in [0, 0.1) is 13.8 Å². The first kappa shape index (κ1) is 22.4. The van der Waals surface area contributed by atoms with Crippen LogP contribution in [0.3, 0.4) is 0 Å². The lowest BCUT2D eigenvalue weighted by Crippen LogP contribution is -2.17. The van der Waals surface area contributed by atoms with Gasteiger partial charge in [-0.3, -0.25) is 5.10 Å². The summed E-state index contributed by atoms with van der Waals surface area (Å²) in [6, 6.07) is 9.39. The molecule has 0 unspecified atom stereocenters. The third-order valence-electron chi connectivity index (χ3n) is 5.15. The predicted octanol–water partition coefficient (Wildman–Crippen LogP) is 5.68. The lowest BCUT2D eigenvalue weighted by atomic mass is 10.0. The van der Waals surface area contributed by atoms with Crippen molar-refractivity contribution >= 4 is 10.9 Å². The number of H-pyrrole nitrogens is 1. The SMILES string of the molecule is COc1cc(OC(F)(F)F)cc(-c2n[nH]c3ccc(O[C@H](C)c4c(C)cnnc4C)cc23)c1. The van der Waals surface area contributed by atoms with Gasteiger partial charge in [0.05, 0.1) is 24.5 Å². The molecular formula is C23H21F3N4O3. The molecule has 0 aliphatic carbocycles. The van der Waals surface area contributed by atoms with E-state index in [1.54, 1.807) is 30.5 Å². The quantitative estimate of drug-likeness (QED) is 0.400. The smallest absolute Gasteiger partial charge is 0.497 e. The molecule has 0 saturated heterocycles. The maximum absolute atomic E-state index is 12.8. The van der Waals surface area contributed by atoms with Gasteiger partial charge in [0.15, 0.2) is 0 Å². The maximum atomic E-state index is 12.8. The van der Waals surface area contributed by atoms with Gasteiger partial charge in [0.2, 0.25) is 0 Å². The zero-order valence-corrected chi connectivity index (χ0v) is 18.3. The molecule has 0 radical (unpaired) electrons. The topological polar surface area (TPSA) is 82.2 Å². The second kappa shape index (κ2) is 8.61. The standard InChI is InChI=1S/C23H21F3N4O3/c1-12-11-27-28-13(2)21(12)14(3)32-16-5-6-20-19(10-16)22(30-29-20)15-7-17(31-4)9-18(8-15)33-23(24,25)26/h5-11,14H,1-4H3,(H,29,30)/t14-/m1/s1. The van der Waals surface area contributed by atoms with E-state index < -0.39 is 12.1 Å². The van der Waals surface area contributed by atoms with Crippen LogP contribution >= 0.6 is 0 Å².